The van der Waals surface area contributed by atoms with Crippen molar-refractivity contribution < 1.29 is 53.8 Å². The van der Waals surface area contributed by atoms with Crippen LogP contribution < -0.4 is 5.32 Å². The van der Waals surface area contributed by atoms with E-state index in [9.17, 15) is 0 Å². The summed E-state index contributed by atoms with van der Waals surface area (Å²) in [5.41, 5.74) is 6.21. The van der Waals surface area contributed by atoms with Crippen LogP contribution in [0.4, 0.5) is 0 Å². The second-order valence-corrected chi connectivity index (χ2v) is 0.604. The standard InChI is InChI=1S/C2H5N.C2H6N.W.Y/c1-3-2;1-2-3;;/h3H,1-2H2;3H,2H2,1H3;;/q-2;-1;+2;. The molecule has 0 aliphatic rings. The van der Waals surface area contributed by atoms with E-state index < -0.39 is 0 Å². The minimum Gasteiger partial charge on any atom is -0.678 e. The van der Waals surface area contributed by atoms with Gasteiger partial charge in [-0.25, -0.2) is 0 Å². The molecule has 8 heavy (non-hydrogen) atoms. The average Bonchev–Trinajstić information content (AvgIpc) is 1.39. The topological polar surface area (TPSA) is 35.8 Å². The molecule has 0 aromatic carbocycles. The van der Waals surface area contributed by atoms with Gasteiger partial charge in [0, 0.05) is 32.7 Å². The molecule has 0 saturated carbocycles. The van der Waals surface area contributed by atoms with Gasteiger partial charge in [0.1, 0.15) is 0 Å². The molecule has 0 aromatic heterocycles. The van der Waals surface area contributed by atoms with Gasteiger partial charge >= 0.3 is 21.1 Å². The van der Waals surface area contributed by atoms with E-state index in [1.807, 2.05) is 0 Å². The maximum atomic E-state index is 6.21. The van der Waals surface area contributed by atoms with Gasteiger partial charge in [-0.2, -0.15) is 6.54 Å². The van der Waals surface area contributed by atoms with Crippen LogP contribution in [0.15, 0.2) is 0 Å². The van der Waals surface area contributed by atoms with Crippen molar-refractivity contribution in [2.45, 2.75) is 6.92 Å². The Morgan fingerprint density at radius 2 is 1.50 bits per heavy atom. The maximum absolute atomic E-state index is 6.21. The molecule has 4 heteroatoms. The molecule has 0 bridgehead atoms. The minimum atomic E-state index is 0. The summed E-state index contributed by atoms with van der Waals surface area (Å²) in [6.07, 6.45) is 0. The molecule has 2 nitrogen and oxygen atoms in total. The van der Waals surface area contributed by atoms with Gasteiger partial charge in [0.15, 0.2) is 0 Å². The van der Waals surface area contributed by atoms with Gasteiger partial charge < -0.3 is 25.1 Å². The zero-order chi connectivity index (χ0) is 5.41. The maximum Gasteiger partial charge on any atom is 2.00 e. The van der Waals surface area contributed by atoms with Crippen LogP contribution >= 0.6 is 0 Å². The van der Waals surface area contributed by atoms with Crippen LogP contribution in [0.5, 0.6) is 0 Å². The van der Waals surface area contributed by atoms with Crippen molar-refractivity contribution in [2.24, 2.45) is 0 Å². The van der Waals surface area contributed by atoms with E-state index in [0.717, 1.165) is 0 Å². The molecular weight excluding hydrogens is 349 g/mol. The molecule has 0 rings (SSSR count). The SMILES string of the molecule is CC[NH-].[CH2-]N[CH2-].[W+2].[Y]. The van der Waals surface area contributed by atoms with E-state index in [0.29, 0.717) is 6.54 Å². The van der Waals surface area contributed by atoms with Gasteiger partial charge in [0.25, 0.3) is 0 Å². The van der Waals surface area contributed by atoms with Gasteiger partial charge in [0.05, 0.1) is 0 Å². The molecule has 0 unspecified atom stereocenters. The fraction of sp³-hybridized carbons (Fsp3) is 0.500. The smallest absolute Gasteiger partial charge is 0.678 e. The van der Waals surface area contributed by atoms with Crippen LogP contribution in [0.25, 0.3) is 5.73 Å². The van der Waals surface area contributed by atoms with Crippen molar-refractivity contribution in [1.29, 1.82) is 0 Å². The molecule has 0 atom stereocenters. The van der Waals surface area contributed by atoms with Crippen LogP contribution in [0, 0.1) is 14.1 Å². The van der Waals surface area contributed by atoms with Crippen molar-refractivity contribution in [1.82, 2.24) is 5.32 Å². The monoisotopic (exact) mass is 360 g/mol. The number of rotatable bonds is 0. The van der Waals surface area contributed by atoms with Crippen molar-refractivity contribution >= 4 is 0 Å². The summed E-state index contributed by atoms with van der Waals surface area (Å²) in [7, 11) is 6.25. The van der Waals surface area contributed by atoms with Crippen LogP contribution in [0.1, 0.15) is 6.92 Å². The van der Waals surface area contributed by atoms with Gasteiger partial charge in [-0.3, -0.25) is 0 Å². The third-order valence-corrected chi connectivity index (χ3v) is 0. The molecule has 47 valence electrons. The Morgan fingerprint density at radius 1 is 1.50 bits per heavy atom. The van der Waals surface area contributed by atoms with Crippen molar-refractivity contribution in [2.75, 3.05) is 6.54 Å². The van der Waals surface area contributed by atoms with Gasteiger partial charge in [-0.1, -0.05) is 6.92 Å². The Balaban J connectivity index is -0.0000000160. The zero-order valence-corrected chi connectivity index (χ0v) is 10.9. The summed E-state index contributed by atoms with van der Waals surface area (Å²) in [6.45, 7) is 2.29. The van der Waals surface area contributed by atoms with Crippen LogP contribution in [0.2, 0.25) is 0 Å². The first-order chi connectivity index (χ1) is 2.83. The second kappa shape index (κ2) is 37.6. The Hall–Kier alpha value is 1.71. The van der Waals surface area contributed by atoms with E-state index in [4.69, 9.17) is 5.73 Å². The molecule has 0 amide bonds. The van der Waals surface area contributed by atoms with Crippen LogP contribution in [-0.2, 0) is 53.8 Å². The summed E-state index contributed by atoms with van der Waals surface area (Å²) >= 11 is 0. The molecule has 0 saturated heterocycles. The summed E-state index contributed by atoms with van der Waals surface area (Å²) in [6, 6.07) is 0. The first-order valence-electron chi connectivity index (χ1n) is 1.77. The predicted molar refractivity (Wildman–Crippen MR) is 28.7 cm³/mol. The Kier molecular flexibility index (Phi) is 106. The van der Waals surface area contributed by atoms with E-state index >= 15 is 0 Å². The quantitative estimate of drug-likeness (QED) is 0.648. The summed E-state index contributed by atoms with van der Waals surface area (Å²) in [5, 5.41) is 2.25. The third-order valence-electron chi connectivity index (χ3n) is 0. The Labute approximate surface area is 91.5 Å². The van der Waals surface area contributed by atoms with E-state index in [-0.39, 0.29) is 53.8 Å². The number of hydrogen-bond acceptors (Lipinski definition) is 1. The Morgan fingerprint density at radius 3 is 1.50 bits per heavy atom. The number of nitrogens with one attached hydrogen (secondary N) is 2. The number of hydrogen-bond donors (Lipinski definition) is 1. The second-order valence-electron chi connectivity index (χ2n) is 0.604. The first kappa shape index (κ1) is 22.6. The molecule has 0 aliphatic carbocycles. The molecule has 0 spiro atoms. The molecule has 0 aromatic rings. The van der Waals surface area contributed by atoms with Crippen molar-refractivity contribution in [3.05, 3.63) is 19.8 Å². The molecular formula is C4H11N2WY-. The fourth-order valence-electron chi connectivity index (χ4n) is 0. The zero-order valence-electron chi connectivity index (χ0n) is 5.11. The third kappa shape index (κ3) is 119. The predicted octanol–water partition coefficient (Wildman–Crippen LogP) is 1.21. The van der Waals surface area contributed by atoms with E-state index in [2.05, 4.69) is 19.4 Å². The molecule has 0 fully saturated rings. The summed E-state index contributed by atoms with van der Waals surface area (Å²) in [4.78, 5) is 0. The van der Waals surface area contributed by atoms with Crippen LogP contribution in [0.3, 0.4) is 0 Å². The van der Waals surface area contributed by atoms with Gasteiger partial charge in [-0.05, 0) is 0 Å². The summed E-state index contributed by atoms with van der Waals surface area (Å²) < 4.78 is 0. The first-order valence-corrected chi connectivity index (χ1v) is 1.77. The van der Waals surface area contributed by atoms with Gasteiger partial charge in [0.2, 0.25) is 0 Å². The molecule has 0 aliphatic heterocycles. The molecule has 2 N–H and O–H groups in total. The summed E-state index contributed by atoms with van der Waals surface area (Å²) in [5.74, 6) is 0. The molecule has 1 radical (unpaired) electrons. The fourth-order valence-corrected chi connectivity index (χ4v) is 0. The minimum absolute atomic E-state index is 0. The Bertz CT molecular complexity index is 16.0. The van der Waals surface area contributed by atoms with Crippen molar-refractivity contribution in [3.63, 3.8) is 0 Å². The van der Waals surface area contributed by atoms with Crippen molar-refractivity contribution in [3.8, 4) is 0 Å². The normalized spacial score (nSPS) is 4.50. The van der Waals surface area contributed by atoms with E-state index in [1.54, 1.807) is 6.92 Å². The van der Waals surface area contributed by atoms with Crippen LogP contribution in [-0.4, -0.2) is 6.54 Å². The average molecular weight is 360 g/mol. The van der Waals surface area contributed by atoms with E-state index in [1.165, 1.54) is 0 Å². The largest absolute Gasteiger partial charge is 2.00 e. The molecule has 0 heterocycles. The van der Waals surface area contributed by atoms with Gasteiger partial charge in [-0.15, -0.1) is 0 Å².